The molecule has 0 heterocycles. The van der Waals surface area contributed by atoms with Crippen LogP contribution < -0.4 is 10.5 Å². The number of rotatable bonds is 6. The van der Waals surface area contributed by atoms with E-state index in [0.29, 0.717) is 12.1 Å². The van der Waals surface area contributed by atoms with Gasteiger partial charge in [-0.3, -0.25) is 29.7 Å². The molecule has 0 aliphatic rings. The van der Waals surface area contributed by atoms with E-state index < -0.39 is 48.4 Å². The summed E-state index contributed by atoms with van der Waals surface area (Å²) in [5.41, 5.74) is 2.71. The number of sulfonamides is 1. The molecule has 2 rings (SSSR count). The topological polar surface area (TPSA) is 176 Å². The van der Waals surface area contributed by atoms with Crippen molar-refractivity contribution in [3.8, 4) is 0 Å². The van der Waals surface area contributed by atoms with E-state index in [1.54, 1.807) is 6.92 Å². The largest absolute Gasteiger partial charge is 0.366 e. The third-order valence-electron chi connectivity index (χ3n) is 3.34. The van der Waals surface area contributed by atoms with Gasteiger partial charge in [-0.25, -0.2) is 8.42 Å². The Morgan fingerprint density at radius 3 is 2.12 bits per heavy atom. The fourth-order valence-corrected chi connectivity index (χ4v) is 3.17. The highest BCUT2D eigenvalue weighted by Crippen LogP contribution is 2.34. The number of nitro benzene ring substituents is 2. The normalized spacial score (nSPS) is 11.0. The zero-order valence-electron chi connectivity index (χ0n) is 13.2. The maximum absolute atomic E-state index is 12.5. The zero-order chi connectivity index (χ0) is 19.6. The second-order valence-corrected chi connectivity index (χ2v) is 6.87. The molecule has 2 aromatic rings. The molecule has 3 N–H and O–H groups in total. The van der Waals surface area contributed by atoms with Gasteiger partial charge in [-0.1, -0.05) is 17.7 Å². The Morgan fingerprint density at radius 2 is 1.65 bits per heavy atom. The number of hydrogen-bond acceptors (Lipinski definition) is 7. The van der Waals surface area contributed by atoms with E-state index in [4.69, 9.17) is 5.73 Å². The van der Waals surface area contributed by atoms with Gasteiger partial charge < -0.3 is 5.73 Å². The van der Waals surface area contributed by atoms with Crippen LogP contribution >= 0.6 is 0 Å². The summed E-state index contributed by atoms with van der Waals surface area (Å²) in [6, 6.07) is 6.75. The molecule has 1 amide bonds. The Morgan fingerprint density at radius 1 is 1.08 bits per heavy atom. The number of amides is 1. The van der Waals surface area contributed by atoms with Crippen molar-refractivity contribution in [3.63, 3.8) is 0 Å². The van der Waals surface area contributed by atoms with Crippen LogP contribution in [0.25, 0.3) is 0 Å². The SMILES string of the molecule is Cc1ccc(S(=O)(=O)Nc2c(C(N)=O)cc([N+](=O)[O-])cc2[N+](=O)[O-])cc1. The first-order valence-corrected chi connectivity index (χ1v) is 8.37. The van der Waals surface area contributed by atoms with E-state index in [2.05, 4.69) is 0 Å². The molecule has 0 bridgehead atoms. The number of hydrogen-bond donors (Lipinski definition) is 2. The summed E-state index contributed by atoms with van der Waals surface area (Å²) >= 11 is 0. The van der Waals surface area contributed by atoms with Gasteiger partial charge in [-0.05, 0) is 19.1 Å². The molecule has 0 saturated carbocycles. The maximum atomic E-state index is 12.5. The molecule has 12 heteroatoms. The highest BCUT2D eigenvalue weighted by Gasteiger charge is 2.29. The summed E-state index contributed by atoms with van der Waals surface area (Å²) in [6.07, 6.45) is 0. The van der Waals surface area contributed by atoms with Gasteiger partial charge in [0.05, 0.1) is 26.4 Å². The quantitative estimate of drug-likeness (QED) is 0.566. The molecule has 0 saturated heterocycles. The van der Waals surface area contributed by atoms with E-state index in [-0.39, 0.29) is 4.90 Å². The van der Waals surface area contributed by atoms with E-state index in [1.807, 2.05) is 4.72 Å². The molecule has 0 radical (unpaired) electrons. The van der Waals surface area contributed by atoms with E-state index >= 15 is 0 Å². The summed E-state index contributed by atoms with van der Waals surface area (Å²) in [4.78, 5) is 31.5. The average molecular weight is 380 g/mol. The van der Waals surface area contributed by atoms with Crippen molar-refractivity contribution in [2.45, 2.75) is 11.8 Å². The van der Waals surface area contributed by atoms with Crippen LogP contribution in [-0.4, -0.2) is 24.2 Å². The lowest BCUT2D eigenvalue weighted by molar-refractivity contribution is -0.393. The van der Waals surface area contributed by atoms with Crippen molar-refractivity contribution >= 4 is 33.0 Å². The van der Waals surface area contributed by atoms with Crippen LogP contribution in [0.15, 0.2) is 41.3 Å². The first-order chi connectivity index (χ1) is 12.0. The summed E-state index contributed by atoms with van der Waals surface area (Å²) in [6.45, 7) is 1.73. The minimum atomic E-state index is -4.31. The van der Waals surface area contributed by atoms with Crippen molar-refractivity contribution < 1.29 is 23.1 Å². The minimum absolute atomic E-state index is 0.217. The van der Waals surface area contributed by atoms with Crippen LogP contribution in [0.3, 0.4) is 0 Å². The standard InChI is InChI=1S/C14H12N4O7S/c1-8-2-4-10(5-3-8)26(24,25)16-13-11(14(15)19)6-9(17(20)21)7-12(13)18(22)23/h2-7,16H,1H3,(H2,15,19). The monoisotopic (exact) mass is 380 g/mol. The molecule has 0 aliphatic carbocycles. The number of nitrogens with one attached hydrogen (secondary N) is 1. The third kappa shape index (κ3) is 3.75. The Balaban J connectivity index is 2.67. The number of anilines is 1. The number of benzene rings is 2. The fraction of sp³-hybridized carbons (Fsp3) is 0.0714. The third-order valence-corrected chi connectivity index (χ3v) is 4.71. The summed E-state index contributed by atoms with van der Waals surface area (Å²) in [5.74, 6) is -1.27. The summed E-state index contributed by atoms with van der Waals surface area (Å²) in [5, 5.41) is 22.1. The Kier molecular flexibility index (Phi) is 4.88. The molecule has 0 fully saturated rings. The van der Waals surface area contributed by atoms with Crippen molar-refractivity contribution in [2.24, 2.45) is 5.73 Å². The molecule has 11 nitrogen and oxygen atoms in total. The molecular formula is C14H12N4O7S. The number of nitrogens with two attached hydrogens (primary N) is 1. The first kappa shape index (κ1) is 18.8. The van der Waals surface area contributed by atoms with Crippen LogP contribution in [0.2, 0.25) is 0 Å². The van der Waals surface area contributed by atoms with Gasteiger partial charge in [0.25, 0.3) is 21.6 Å². The summed E-state index contributed by atoms with van der Waals surface area (Å²) in [7, 11) is -4.31. The molecular weight excluding hydrogens is 368 g/mol. The molecule has 0 spiro atoms. The number of primary amides is 1. The maximum Gasteiger partial charge on any atom is 0.301 e. The molecule has 0 unspecified atom stereocenters. The van der Waals surface area contributed by atoms with E-state index in [9.17, 15) is 33.4 Å². The molecule has 0 aliphatic heterocycles. The van der Waals surface area contributed by atoms with E-state index in [1.165, 1.54) is 24.3 Å². The average Bonchev–Trinajstić information content (AvgIpc) is 2.54. The number of nitro groups is 2. The van der Waals surface area contributed by atoms with Gasteiger partial charge in [-0.15, -0.1) is 0 Å². The highest BCUT2D eigenvalue weighted by molar-refractivity contribution is 7.92. The predicted octanol–water partition coefficient (Wildman–Crippen LogP) is 1.71. The van der Waals surface area contributed by atoms with Gasteiger partial charge in [0.15, 0.2) is 0 Å². The van der Waals surface area contributed by atoms with Crippen LogP contribution in [0, 0.1) is 27.2 Å². The van der Waals surface area contributed by atoms with Crippen molar-refractivity contribution in [3.05, 3.63) is 67.8 Å². The number of carbonyl (C=O) groups excluding carboxylic acids is 1. The van der Waals surface area contributed by atoms with Crippen LogP contribution in [0.1, 0.15) is 15.9 Å². The summed E-state index contributed by atoms with van der Waals surface area (Å²) < 4.78 is 26.9. The number of nitrogens with zero attached hydrogens (tertiary/aromatic N) is 2. The molecule has 26 heavy (non-hydrogen) atoms. The molecule has 0 atom stereocenters. The second kappa shape index (κ2) is 6.76. The number of carbonyl (C=O) groups is 1. The lowest BCUT2D eigenvalue weighted by Crippen LogP contribution is -2.20. The molecule has 2 aromatic carbocycles. The van der Waals surface area contributed by atoms with Crippen molar-refractivity contribution in [1.29, 1.82) is 0 Å². The highest BCUT2D eigenvalue weighted by atomic mass is 32.2. The Labute approximate surface area is 146 Å². The predicted molar refractivity (Wildman–Crippen MR) is 90.3 cm³/mol. The van der Waals surface area contributed by atoms with Gasteiger partial charge in [0.1, 0.15) is 5.69 Å². The second-order valence-electron chi connectivity index (χ2n) is 5.18. The first-order valence-electron chi connectivity index (χ1n) is 6.89. The lowest BCUT2D eigenvalue weighted by Gasteiger charge is -2.11. The van der Waals surface area contributed by atoms with Gasteiger partial charge in [0.2, 0.25) is 0 Å². The zero-order valence-corrected chi connectivity index (χ0v) is 14.0. The van der Waals surface area contributed by atoms with Gasteiger partial charge in [0, 0.05) is 6.07 Å². The van der Waals surface area contributed by atoms with Crippen molar-refractivity contribution in [1.82, 2.24) is 0 Å². The van der Waals surface area contributed by atoms with Crippen LogP contribution in [0.4, 0.5) is 17.1 Å². The Hall–Kier alpha value is -3.54. The van der Waals surface area contributed by atoms with Crippen LogP contribution in [0.5, 0.6) is 0 Å². The molecule has 136 valence electrons. The minimum Gasteiger partial charge on any atom is -0.366 e. The van der Waals surface area contributed by atoms with Gasteiger partial charge >= 0.3 is 5.69 Å². The van der Waals surface area contributed by atoms with Crippen LogP contribution in [-0.2, 0) is 10.0 Å². The Bertz CT molecular complexity index is 981. The fourth-order valence-electron chi connectivity index (χ4n) is 2.07. The van der Waals surface area contributed by atoms with Gasteiger partial charge in [-0.2, -0.15) is 0 Å². The van der Waals surface area contributed by atoms with E-state index in [0.717, 1.165) is 5.56 Å². The smallest absolute Gasteiger partial charge is 0.301 e. The number of aryl methyl sites for hydroxylation is 1. The number of non-ortho nitro benzene ring substituents is 1. The molecule has 0 aromatic heterocycles. The van der Waals surface area contributed by atoms with Crippen molar-refractivity contribution in [2.75, 3.05) is 4.72 Å². The lowest BCUT2D eigenvalue weighted by atomic mass is 10.1.